The Kier molecular flexibility index (Phi) is 22.8. The molecule has 1 aliphatic rings. The SMILES string of the molecule is CCCCCCCCCCCCCCCCCC(CN(C)C)C1CC1CCCCCCCC(=O)OCC. The second-order valence-corrected chi connectivity index (χ2v) is 12.5. The van der Waals surface area contributed by atoms with Crippen LogP contribution in [0.1, 0.15) is 168 Å². The van der Waals surface area contributed by atoms with E-state index in [2.05, 4.69) is 25.9 Å². The van der Waals surface area contributed by atoms with Gasteiger partial charge in [-0.25, -0.2) is 0 Å². The molecule has 0 saturated heterocycles. The molecular formula is C34H67NO2. The van der Waals surface area contributed by atoms with E-state index in [4.69, 9.17) is 4.74 Å². The van der Waals surface area contributed by atoms with Gasteiger partial charge in [0, 0.05) is 13.0 Å². The predicted octanol–water partition coefficient (Wildman–Crippen LogP) is 10.4. The summed E-state index contributed by atoms with van der Waals surface area (Å²) in [7, 11) is 4.51. The van der Waals surface area contributed by atoms with E-state index in [9.17, 15) is 4.79 Å². The summed E-state index contributed by atoms with van der Waals surface area (Å²) < 4.78 is 5.01. The first-order valence-corrected chi connectivity index (χ1v) is 16.9. The van der Waals surface area contributed by atoms with Crippen LogP contribution in [0.25, 0.3) is 0 Å². The maximum Gasteiger partial charge on any atom is 0.305 e. The molecule has 0 heterocycles. The maximum atomic E-state index is 11.4. The van der Waals surface area contributed by atoms with Crippen molar-refractivity contribution in [3.05, 3.63) is 0 Å². The molecule has 0 spiro atoms. The number of hydrogen-bond donors (Lipinski definition) is 0. The van der Waals surface area contributed by atoms with Gasteiger partial charge in [0.2, 0.25) is 0 Å². The molecule has 1 saturated carbocycles. The van der Waals surface area contributed by atoms with Gasteiger partial charge in [-0.05, 0) is 58.0 Å². The molecule has 0 bridgehead atoms. The van der Waals surface area contributed by atoms with Gasteiger partial charge >= 0.3 is 5.97 Å². The fourth-order valence-electron chi connectivity index (χ4n) is 6.31. The van der Waals surface area contributed by atoms with Crippen LogP contribution in [0.3, 0.4) is 0 Å². The highest BCUT2D eigenvalue weighted by molar-refractivity contribution is 5.69. The number of carbonyl (C=O) groups excluding carboxylic acids is 1. The van der Waals surface area contributed by atoms with Gasteiger partial charge in [-0.1, -0.05) is 135 Å². The largest absolute Gasteiger partial charge is 0.466 e. The third-order valence-electron chi connectivity index (χ3n) is 8.62. The lowest BCUT2D eigenvalue weighted by Gasteiger charge is -2.21. The number of carbonyl (C=O) groups is 1. The standard InChI is InChI=1S/C34H67NO2/c1-5-7-8-9-10-11-12-13-14-15-16-17-18-20-24-27-32(30-35(3)4)33-29-31(33)26-23-21-19-22-25-28-34(36)37-6-2/h31-33H,5-30H2,1-4H3. The van der Waals surface area contributed by atoms with E-state index in [1.54, 1.807) is 0 Å². The molecule has 0 radical (unpaired) electrons. The molecule has 3 unspecified atom stereocenters. The molecule has 37 heavy (non-hydrogen) atoms. The fourth-order valence-corrected chi connectivity index (χ4v) is 6.31. The molecule has 0 aromatic carbocycles. The van der Waals surface area contributed by atoms with Crippen molar-refractivity contribution in [2.75, 3.05) is 27.2 Å². The predicted molar refractivity (Wildman–Crippen MR) is 162 cm³/mol. The Morgan fingerprint density at radius 1 is 0.703 bits per heavy atom. The summed E-state index contributed by atoms with van der Waals surface area (Å²) in [5.41, 5.74) is 0. The minimum absolute atomic E-state index is 0.0238. The Morgan fingerprint density at radius 3 is 1.70 bits per heavy atom. The van der Waals surface area contributed by atoms with Crippen molar-refractivity contribution in [1.82, 2.24) is 4.90 Å². The van der Waals surface area contributed by atoms with Crippen LogP contribution in [-0.2, 0) is 9.53 Å². The summed E-state index contributed by atoms with van der Waals surface area (Å²) in [5.74, 6) is 2.90. The molecule has 1 aliphatic carbocycles. The highest BCUT2D eigenvalue weighted by Gasteiger charge is 2.41. The fraction of sp³-hybridized carbons (Fsp3) is 0.971. The number of unbranched alkanes of at least 4 members (excludes halogenated alkanes) is 18. The zero-order valence-corrected chi connectivity index (χ0v) is 25.9. The minimum atomic E-state index is -0.0238. The highest BCUT2D eigenvalue weighted by Crippen LogP contribution is 2.49. The van der Waals surface area contributed by atoms with Crippen molar-refractivity contribution in [3.63, 3.8) is 0 Å². The van der Waals surface area contributed by atoms with E-state index in [0.29, 0.717) is 13.0 Å². The molecule has 0 aromatic rings. The van der Waals surface area contributed by atoms with E-state index in [1.807, 2.05) is 6.92 Å². The van der Waals surface area contributed by atoms with Gasteiger partial charge in [0.25, 0.3) is 0 Å². The summed E-state index contributed by atoms with van der Waals surface area (Å²) >= 11 is 0. The number of ether oxygens (including phenoxy) is 1. The van der Waals surface area contributed by atoms with Gasteiger partial charge in [-0.3, -0.25) is 4.79 Å². The highest BCUT2D eigenvalue weighted by atomic mass is 16.5. The van der Waals surface area contributed by atoms with Gasteiger partial charge in [-0.2, -0.15) is 0 Å². The molecule has 3 nitrogen and oxygen atoms in total. The van der Waals surface area contributed by atoms with Gasteiger partial charge in [0.15, 0.2) is 0 Å². The molecule has 0 aliphatic heterocycles. The lowest BCUT2D eigenvalue weighted by atomic mass is 9.93. The number of hydrogen-bond acceptors (Lipinski definition) is 3. The number of esters is 1. The van der Waals surface area contributed by atoms with E-state index in [1.165, 1.54) is 148 Å². The summed E-state index contributed by atoms with van der Waals surface area (Å²) in [6, 6.07) is 0. The van der Waals surface area contributed by atoms with E-state index in [-0.39, 0.29) is 5.97 Å². The molecule has 3 heteroatoms. The molecule has 0 amide bonds. The maximum absolute atomic E-state index is 11.4. The second-order valence-electron chi connectivity index (χ2n) is 12.5. The zero-order valence-electron chi connectivity index (χ0n) is 25.9. The molecule has 1 rings (SSSR count). The topological polar surface area (TPSA) is 29.5 Å². The third-order valence-corrected chi connectivity index (χ3v) is 8.62. The van der Waals surface area contributed by atoms with E-state index < -0.39 is 0 Å². The van der Waals surface area contributed by atoms with Crippen molar-refractivity contribution in [3.8, 4) is 0 Å². The van der Waals surface area contributed by atoms with Gasteiger partial charge in [-0.15, -0.1) is 0 Å². The third kappa shape index (κ3) is 21.0. The van der Waals surface area contributed by atoms with Gasteiger partial charge < -0.3 is 9.64 Å². The van der Waals surface area contributed by atoms with Crippen molar-refractivity contribution >= 4 is 5.97 Å². The molecular weight excluding hydrogens is 454 g/mol. The first kappa shape index (κ1) is 34.5. The summed E-state index contributed by atoms with van der Waals surface area (Å²) in [5, 5.41) is 0. The first-order chi connectivity index (χ1) is 18.1. The van der Waals surface area contributed by atoms with Crippen LogP contribution >= 0.6 is 0 Å². The number of nitrogens with zero attached hydrogens (tertiary/aromatic N) is 1. The smallest absolute Gasteiger partial charge is 0.305 e. The Balaban J connectivity index is 1.96. The second kappa shape index (κ2) is 24.5. The van der Waals surface area contributed by atoms with Crippen LogP contribution in [0.2, 0.25) is 0 Å². The molecule has 3 atom stereocenters. The quantitative estimate of drug-likeness (QED) is 0.0757. The van der Waals surface area contributed by atoms with Gasteiger partial charge in [0.1, 0.15) is 0 Å². The zero-order chi connectivity index (χ0) is 27.0. The van der Waals surface area contributed by atoms with Crippen molar-refractivity contribution in [1.29, 1.82) is 0 Å². The Bertz CT molecular complexity index is 506. The number of rotatable bonds is 28. The van der Waals surface area contributed by atoms with Crippen LogP contribution in [-0.4, -0.2) is 38.1 Å². The normalized spacial score (nSPS) is 17.9. The Hall–Kier alpha value is -0.570. The average molecular weight is 522 g/mol. The van der Waals surface area contributed by atoms with Crippen molar-refractivity contribution < 1.29 is 9.53 Å². The Morgan fingerprint density at radius 2 is 1.19 bits per heavy atom. The van der Waals surface area contributed by atoms with Crippen LogP contribution in [0, 0.1) is 17.8 Å². The summed E-state index contributed by atoms with van der Waals surface area (Å²) in [4.78, 5) is 13.8. The van der Waals surface area contributed by atoms with Crippen molar-refractivity contribution in [2.24, 2.45) is 17.8 Å². The van der Waals surface area contributed by atoms with Crippen molar-refractivity contribution in [2.45, 2.75) is 168 Å². The van der Waals surface area contributed by atoms with Crippen LogP contribution < -0.4 is 0 Å². The van der Waals surface area contributed by atoms with E-state index in [0.717, 1.165) is 24.2 Å². The monoisotopic (exact) mass is 522 g/mol. The van der Waals surface area contributed by atoms with Crippen LogP contribution in [0.5, 0.6) is 0 Å². The van der Waals surface area contributed by atoms with E-state index >= 15 is 0 Å². The summed E-state index contributed by atoms with van der Waals surface area (Å²) in [6.07, 6.45) is 32.9. The van der Waals surface area contributed by atoms with Gasteiger partial charge in [0.05, 0.1) is 6.61 Å². The molecule has 1 fully saturated rings. The lowest BCUT2D eigenvalue weighted by Crippen LogP contribution is -2.23. The lowest BCUT2D eigenvalue weighted by molar-refractivity contribution is -0.143. The molecule has 0 N–H and O–H groups in total. The van der Waals surface area contributed by atoms with Crippen LogP contribution in [0.15, 0.2) is 0 Å². The molecule has 0 aromatic heterocycles. The van der Waals surface area contributed by atoms with Crippen LogP contribution in [0.4, 0.5) is 0 Å². The molecule has 220 valence electrons. The first-order valence-electron chi connectivity index (χ1n) is 16.9. The minimum Gasteiger partial charge on any atom is -0.466 e. The summed E-state index contributed by atoms with van der Waals surface area (Å²) in [6.45, 7) is 5.98. The Labute approximate surface area is 233 Å². The average Bonchev–Trinajstić information content (AvgIpc) is 3.64.